The van der Waals surface area contributed by atoms with Crippen molar-refractivity contribution in [2.24, 2.45) is 4.99 Å². The predicted octanol–water partition coefficient (Wildman–Crippen LogP) is 3.03. The van der Waals surface area contributed by atoms with Gasteiger partial charge in [-0.15, -0.1) is 0 Å². The number of thioether (sulfide) groups is 1. The molecule has 1 N–H and O–H groups in total. The van der Waals surface area contributed by atoms with Gasteiger partial charge >= 0.3 is 0 Å². The lowest BCUT2D eigenvalue weighted by atomic mass is 10.0. The van der Waals surface area contributed by atoms with Crippen LogP contribution in [0.3, 0.4) is 0 Å². The lowest BCUT2D eigenvalue weighted by Gasteiger charge is -2.30. The normalized spacial score (nSPS) is 28.5. The first-order valence-corrected chi connectivity index (χ1v) is 6.33. The Kier molecular flexibility index (Phi) is 3.87. The van der Waals surface area contributed by atoms with Crippen molar-refractivity contribution in [3.05, 3.63) is 0 Å². The van der Waals surface area contributed by atoms with E-state index in [0.29, 0.717) is 11.3 Å². The first-order valence-electron chi connectivity index (χ1n) is 5.45. The molecule has 0 aromatic heterocycles. The van der Waals surface area contributed by atoms with Crippen LogP contribution in [0.4, 0.5) is 0 Å². The van der Waals surface area contributed by atoms with Crippen molar-refractivity contribution in [1.29, 1.82) is 0 Å². The van der Waals surface area contributed by atoms with Crippen LogP contribution in [0, 0.1) is 0 Å². The van der Waals surface area contributed by atoms with Crippen LogP contribution in [0.2, 0.25) is 0 Å². The van der Waals surface area contributed by atoms with Crippen molar-refractivity contribution < 1.29 is 0 Å². The van der Waals surface area contributed by atoms with Crippen LogP contribution in [0.5, 0.6) is 0 Å². The molecule has 2 unspecified atom stereocenters. The second-order valence-corrected chi connectivity index (χ2v) is 6.24. The van der Waals surface area contributed by atoms with E-state index in [2.05, 4.69) is 44.9 Å². The Balaban J connectivity index is 2.60. The van der Waals surface area contributed by atoms with E-state index < -0.39 is 0 Å². The number of nitrogens with one attached hydrogen (secondary N) is 1. The quantitative estimate of drug-likeness (QED) is 0.764. The van der Waals surface area contributed by atoms with E-state index in [0.717, 1.165) is 11.6 Å². The maximum atomic E-state index is 4.63. The Bertz CT molecular complexity index is 223. The number of nitrogens with zero attached hydrogens (tertiary/aromatic N) is 1. The minimum Gasteiger partial charge on any atom is -0.360 e. The minimum absolute atomic E-state index is 0.169. The number of hydrogen-bond donors (Lipinski definition) is 1. The zero-order valence-corrected chi connectivity index (χ0v) is 10.7. The fraction of sp³-hybridized carbons (Fsp3) is 0.909. The molecule has 0 amide bonds. The van der Waals surface area contributed by atoms with Gasteiger partial charge in [0.25, 0.3) is 0 Å². The van der Waals surface area contributed by atoms with E-state index in [1.807, 2.05) is 11.8 Å². The van der Waals surface area contributed by atoms with E-state index in [4.69, 9.17) is 0 Å². The summed E-state index contributed by atoms with van der Waals surface area (Å²) in [7, 11) is 0. The third kappa shape index (κ3) is 3.52. The SMILES string of the molecule is CCC(C)(C)NC1=NC(C)CC(C)S1. The minimum atomic E-state index is 0.169. The Hall–Kier alpha value is -0.180. The van der Waals surface area contributed by atoms with Crippen LogP contribution >= 0.6 is 11.8 Å². The van der Waals surface area contributed by atoms with E-state index in [-0.39, 0.29) is 5.54 Å². The molecule has 0 saturated carbocycles. The molecule has 1 heterocycles. The molecule has 1 aliphatic rings. The van der Waals surface area contributed by atoms with Gasteiger partial charge in [0.05, 0.1) is 6.04 Å². The molecule has 0 radical (unpaired) electrons. The third-order valence-electron chi connectivity index (χ3n) is 2.65. The van der Waals surface area contributed by atoms with Crippen LogP contribution in [-0.2, 0) is 0 Å². The first kappa shape index (κ1) is 11.9. The maximum Gasteiger partial charge on any atom is 0.157 e. The highest BCUT2D eigenvalue weighted by Crippen LogP contribution is 2.25. The molecule has 0 aromatic rings. The van der Waals surface area contributed by atoms with Gasteiger partial charge in [0.2, 0.25) is 0 Å². The zero-order chi connectivity index (χ0) is 10.8. The number of amidine groups is 1. The smallest absolute Gasteiger partial charge is 0.157 e. The summed E-state index contributed by atoms with van der Waals surface area (Å²) in [5.74, 6) is 0. The van der Waals surface area contributed by atoms with Crippen LogP contribution in [-0.4, -0.2) is 22.0 Å². The second kappa shape index (κ2) is 4.56. The molecular formula is C11H22N2S. The molecule has 2 nitrogen and oxygen atoms in total. The largest absolute Gasteiger partial charge is 0.360 e. The molecule has 0 spiro atoms. The Morgan fingerprint density at radius 2 is 2.14 bits per heavy atom. The van der Waals surface area contributed by atoms with E-state index >= 15 is 0 Å². The molecule has 3 heteroatoms. The topological polar surface area (TPSA) is 24.4 Å². The van der Waals surface area contributed by atoms with Crippen LogP contribution in [0.1, 0.15) is 47.5 Å². The summed E-state index contributed by atoms with van der Waals surface area (Å²) in [5.41, 5.74) is 0.169. The van der Waals surface area contributed by atoms with Crippen molar-refractivity contribution in [2.75, 3.05) is 0 Å². The van der Waals surface area contributed by atoms with E-state index in [9.17, 15) is 0 Å². The van der Waals surface area contributed by atoms with Crippen LogP contribution < -0.4 is 5.32 Å². The van der Waals surface area contributed by atoms with Gasteiger partial charge in [-0.1, -0.05) is 25.6 Å². The molecule has 0 bridgehead atoms. The van der Waals surface area contributed by atoms with Gasteiger partial charge in [-0.3, -0.25) is 4.99 Å². The number of rotatable bonds is 2. The average molecular weight is 214 g/mol. The zero-order valence-electron chi connectivity index (χ0n) is 9.92. The van der Waals surface area contributed by atoms with Crippen molar-refractivity contribution in [2.45, 2.75) is 64.3 Å². The molecule has 1 rings (SSSR count). The first-order chi connectivity index (χ1) is 6.43. The van der Waals surface area contributed by atoms with Crippen molar-refractivity contribution in [3.63, 3.8) is 0 Å². The second-order valence-electron chi connectivity index (χ2n) is 4.81. The van der Waals surface area contributed by atoms with E-state index in [1.165, 1.54) is 6.42 Å². The molecule has 82 valence electrons. The molecule has 14 heavy (non-hydrogen) atoms. The van der Waals surface area contributed by atoms with E-state index in [1.54, 1.807) is 0 Å². The lowest BCUT2D eigenvalue weighted by molar-refractivity contribution is 0.446. The summed E-state index contributed by atoms with van der Waals surface area (Å²) >= 11 is 1.87. The number of aliphatic imine (C=N–C) groups is 1. The highest BCUT2D eigenvalue weighted by Gasteiger charge is 2.23. The fourth-order valence-electron chi connectivity index (χ4n) is 1.44. The molecular weight excluding hydrogens is 192 g/mol. The average Bonchev–Trinajstić information content (AvgIpc) is 2.01. The predicted molar refractivity (Wildman–Crippen MR) is 66.1 cm³/mol. The lowest BCUT2D eigenvalue weighted by Crippen LogP contribution is -2.43. The molecule has 2 atom stereocenters. The van der Waals surface area contributed by atoms with Crippen molar-refractivity contribution >= 4 is 16.9 Å². The van der Waals surface area contributed by atoms with Crippen LogP contribution in [0.15, 0.2) is 4.99 Å². The molecule has 0 aliphatic carbocycles. The Morgan fingerprint density at radius 3 is 2.64 bits per heavy atom. The highest BCUT2D eigenvalue weighted by molar-refractivity contribution is 8.14. The maximum absolute atomic E-state index is 4.63. The summed E-state index contributed by atoms with van der Waals surface area (Å²) < 4.78 is 0. The van der Waals surface area contributed by atoms with Gasteiger partial charge in [-0.25, -0.2) is 0 Å². The van der Waals surface area contributed by atoms with Crippen LogP contribution in [0.25, 0.3) is 0 Å². The Labute approximate surface area is 92.0 Å². The molecule has 0 saturated heterocycles. The summed E-state index contributed by atoms with van der Waals surface area (Å²) in [5, 5.41) is 5.34. The standard InChI is InChI=1S/C11H22N2S/c1-6-11(4,5)13-10-12-8(2)7-9(3)14-10/h8-9H,6-7H2,1-5H3,(H,12,13). The monoisotopic (exact) mass is 214 g/mol. The van der Waals surface area contributed by atoms with Gasteiger partial charge < -0.3 is 5.32 Å². The summed E-state index contributed by atoms with van der Waals surface area (Å²) in [6, 6.07) is 0.474. The van der Waals surface area contributed by atoms with Gasteiger partial charge in [0.1, 0.15) is 0 Å². The van der Waals surface area contributed by atoms with Gasteiger partial charge in [-0.05, 0) is 33.6 Å². The molecule has 0 aromatic carbocycles. The third-order valence-corrected chi connectivity index (χ3v) is 3.68. The van der Waals surface area contributed by atoms with Crippen molar-refractivity contribution in [3.8, 4) is 0 Å². The highest BCUT2D eigenvalue weighted by atomic mass is 32.2. The van der Waals surface area contributed by atoms with Gasteiger partial charge in [0, 0.05) is 10.8 Å². The summed E-state index contributed by atoms with van der Waals surface area (Å²) in [4.78, 5) is 4.63. The number of hydrogen-bond acceptors (Lipinski definition) is 3. The summed E-state index contributed by atoms with van der Waals surface area (Å²) in [6.07, 6.45) is 2.32. The van der Waals surface area contributed by atoms with Gasteiger partial charge in [0.15, 0.2) is 5.17 Å². The summed E-state index contributed by atoms with van der Waals surface area (Å²) in [6.45, 7) is 11.1. The molecule has 1 aliphatic heterocycles. The van der Waals surface area contributed by atoms with Crippen molar-refractivity contribution in [1.82, 2.24) is 5.32 Å². The Morgan fingerprint density at radius 1 is 1.50 bits per heavy atom. The molecule has 0 fully saturated rings. The van der Waals surface area contributed by atoms with Gasteiger partial charge in [-0.2, -0.15) is 0 Å². The fourth-order valence-corrected chi connectivity index (χ4v) is 2.77.